The number of H-pyrrole nitrogens is 1. The van der Waals surface area contributed by atoms with E-state index in [2.05, 4.69) is 21.6 Å². The molecule has 1 aliphatic heterocycles. The van der Waals surface area contributed by atoms with Gasteiger partial charge in [0.05, 0.1) is 13.3 Å². The Hall–Kier alpha value is -1.81. The molecule has 2 N–H and O–H groups in total. The standard InChI is InChI=1S/C15H19N3O/c1-19-15-7-3-2-6-12(15)13-10-17-18-14(13)9-11-5-4-8-16-11/h2-3,6-7,10-11,16H,4-5,8-9H2,1H3,(H,17,18). The molecule has 2 heterocycles. The lowest BCUT2D eigenvalue weighted by Gasteiger charge is -2.12. The molecular formula is C15H19N3O. The number of aromatic amines is 1. The molecule has 0 radical (unpaired) electrons. The van der Waals surface area contributed by atoms with Gasteiger partial charge in [-0.15, -0.1) is 0 Å². The maximum Gasteiger partial charge on any atom is 0.126 e. The highest BCUT2D eigenvalue weighted by atomic mass is 16.5. The molecule has 1 aromatic heterocycles. The number of methoxy groups -OCH3 is 1. The summed E-state index contributed by atoms with van der Waals surface area (Å²) in [5, 5.41) is 10.9. The van der Waals surface area contributed by atoms with Crippen LogP contribution in [0.15, 0.2) is 30.5 Å². The molecule has 0 bridgehead atoms. The van der Waals surface area contributed by atoms with Gasteiger partial charge in [-0.3, -0.25) is 5.10 Å². The van der Waals surface area contributed by atoms with Crippen molar-refractivity contribution in [3.05, 3.63) is 36.2 Å². The van der Waals surface area contributed by atoms with Crippen molar-refractivity contribution in [2.75, 3.05) is 13.7 Å². The number of nitrogens with zero attached hydrogens (tertiary/aromatic N) is 1. The van der Waals surface area contributed by atoms with E-state index in [0.29, 0.717) is 6.04 Å². The van der Waals surface area contributed by atoms with Gasteiger partial charge in [0.25, 0.3) is 0 Å². The molecule has 0 spiro atoms. The molecular weight excluding hydrogens is 238 g/mol. The van der Waals surface area contributed by atoms with Crippen molar-refractivity contribution in [3.8, 4) is 16.9 Å². The molecule has 100 valence electrons. The molecule has 4 heteroatoms. The first-order chi connectivity index (χ1) is 9.38. The van der Waals surface area contributed by atoms with E-state index in [1.807, 2.05) is 24.4 Å². The van der Waals surface area contributed by atoms with Crippen LogP contribution < -0.4 is 10.1 Å². The van der Waals surface area contributed by atoms with E-state index in [0.717, 1.165) is 29.8 Å². The van der Waals surface area contributed by atoms with Gasteiger partial charge in [0.15, 0.2) is 0 Å². The number of ether oxygens (including phenoxy) is 1. The third-order valence-corrected chi connectivity index (χ3v) is 3.73. The summed E-state index contributed by atoms with van der Waals surface area (Å²) in [4.78, 5) is 0. The molecule has 4 nitrogen and oxygen atoms in total. The highest BCUT2D eigenvalue weighted by Crippen LogP contribution is 2.31. The molecule has 1 atom stereocenters. The number of benzene rings is 1. The van der Waals surface area contributed by atoms with Crippen molar-refractivity contribution in [3.63, 3.8) is 0 Å². The van der Waals surface area contributed by atoms with Crippen LogP contribution in [0.3, 0.4) is 0 Å². The van der Waals surface area contributed by atoms with Crippen LogP contribution in [0.5, 0.6) is 5.75 Å². The minimum Gasteiger partial charge on any atom is -0.496 e. The molecule has 19 heavy (non-hydrogen) atoms. The van der Waals surface area contributed by atoms with Crippen LogP contribution in [0.25, 0.3) is 11.1 Å². The quantitative estimate of drug-likeness (QED) is 0.884. The van der Waals surface area contributed by atoms with Crippen molar-refractivity contribution in [1.82, 2.24) is 15.5 Å². The second-order valence-corrected chi connectivity index (χ2v) is 4.96. The van der Waals surface area contributed by atoms with E-state index in [9.17, 15) is 0 Å². The molecule has 0 aliphatic carbocycles. The SMILES string of the molecule is COc1ccccc1-c1cn[nH]c1CC1CCCN1. The molecule has 3 rings (SSSR count). The zero-order chi connectivity index (χ0) is 13.1. The van der Waals surface area contributed by atoms with Gasteiger partial charge in [-0.2, -0.15) is 5.10 Å². The summed E-state index contributed by atoms with van der Waals surface area (Å²) < 4.78 is 5.44. The number of rotatable bonds is 4. The summed E-state index contributed by atoms with van der Waals surface area (Å²) in [6, 6.07) is 8.65. The summed E-state index contributed by atoms with van der Waals surface area (Å²) in [6.45, 7) is 1.13. The maximum absolute atomic E-state index is 5.44. The zero-order valence-electron chi connectivity index (χ0n) is 11.1. The fraction of sp³-hybridized carbons (Fsp3) is 0.400. The zero-order valence-corrected chi connectivity index (χ0v) is 11.1. The van der Waals surface area contributed by atoms with Gasteiger partial charge in [0.2, 0.25) is 0 Å². The summed E-state index contributed by atoms with van der Waals surface area (Å²) in [6.07, 6.45) is 5.39. The minimum atomic E-state index is 0.564. The molecule has 1 aromatic carbocycles. The smallest absolute Gasteiger partial charge is 0.126 e. The van der Waals surface area contributed by atoms with Crippen LogP contribution in [0.2, 0.25) is 0 Å². The van der Waals surface area contributed by atoms with Gasteiger partial charge in [-0.1, -0.05) is 18.2 Å². The Labute approximate surface area is 113 Å². The van der Waals surface area contributed by atoms with E-state index in [4.69, 9.17) is 4.74 Å². The Morgan fingerprint density at radius 3 is 3.00 bits per heavy atom. The molecule has 2 aromatic rings. The predicted molar refractivity (Wildman–Crippen MR) is 75.3 cm³/mol. The van der Waals surface area contributed by atoms with Gasteiger partial charge in [0, 0.05) is 29.3 Å². The number of aromatic nitrogens is 2. The van der Waals surface area contributed by atoms with E-state index >= 15 is 0 Å². The molecule has 1 aliphatic rings. The Balaban J connectivity index is 1.90. The third kappa shape index (κ3) is 2.49. The van der Waals surface area contributed by atoms with Crippen LogP contribution in [-0.4, -0.2) is 29.9 Å². The van der Waals surface area contributed by atoms with Gasteiger partial charge in [-0.05, 0) is 25.5 Å². The Bertz CT molecular complexity index is 544. The number of hydrogen-bond donors (Lipinski definition) is 2. The number of para-hydroxylation sites is 1. The minimum absolute atomic E-state index is 0.564. The van der Waals surface area contributed by atoms with Crippen LogP contribution in [0.4, 0.5) is 0 Å². The molecule has 1 saturated heterocycles. The fourth-order valence-corrected chi connectivity index (χ4v) is 2.75. The first-order valence-corrected chi connectivity index (χ1v) is 6.77. The Morgan fingerprint density at radius 1 is 1.32 bits per heavy atom. The van der Waals surface area contributed by atoms with Crippen LogP contribution >= 0.6 is 0 Å². The molecule has 1 fully saturated rings. The molecule has 0 amide bonds. The summed E-state index contributed by atoms with van der Waals surface area (Å²) >= 11 is 0. The Kier molecular flexibility index (Phi) is 3.51. The molecule has 0 saturated carbocycles. The van der Waals surface area contributed by atoms with E-state index < -0.39 is 0 Å². The monoisotopic (exact) mass is 257 g/mol. The third-order valence-electron chi connectivity index (χ3n) is 3.73. The van der Waals surface area contributed by atoms with Crippen molar-refractivity contribution >= 4 is 0 Å². The lowest BCUT2D eigenvalue weighted by molar-refractivity contribution is 0.416. The van der Waals surface area contributed by atoms with E-state index in [1.54, 1.807) is 7.11 Å². The van der Waals surface area contributed by atoms with Gasteiger partial charge >= 0.3 is 0 Å². The first-order valence-electron chi connectivity index (χ1n) is 6.77. The van der Waals surface area contributed by atoms with Crippen molar-refractivity contribution < 1.29 is 4.74 Å². The molecule has 1 unspecified atom stereocenters. The average molecular weight is 257 g/mol. The average Bonchev–Trinajstić information content (AvgIpc) is 3.11. The predicted octanol–water partition coefficient (Wildman–Crippen LogP) is 2.38. The second kappa shape index (κ2) is 5.45. The maximum atomic E-state index is 5.44. The number of nitrogens with one attached hydrogen (secondary N) is 2. The van der Waals surface area contributed by atoms with Crippen LogP contribution in [-0.2, 0) is 6.42 Å². The largest absolute Gasteiger partial charge is 0.496 e. The van der Waals surface area contributed by atoms with Crippen LogP contribution in [0.1, 0.15) is 18.5 Å². The Morgan fingerprint density at radius 2 is 2.21 bits per heavy atom. The highest BCUT2D eigenvalue weighted by molar-refractivity contribution is 5.71. The first kappa shape index (κ1) is 12.2. The van der Waals surface area contributed by atoms with Crippen molar-refractivity contribution in [2.24, 2.45) is 0 Å². The second-order valence-electron chi connectivity index (χ2n) is 4.96. The van der Waals surface area contributed by atoms with Gasteiger partial charge in [-0.25, -0.2) is 0 Å². The van der Waals surface area contributed by atoms with E-state index in [1.165, 1.54) is 18.5 Å². The number of hydrogen-bond acceptors (Lipinski definition) is 3. The highest BCUT2D eigenvalue weighted by Gasteiger charge is 2.19. The van der Waals surface area contributed by atoms with E-state index in [-0.39, 0.29) is 0 Å². The van der Waals surface area contributed by atoms with Gasteiger partial charge < -0.3 is 10.1 Å². The summed E-state index contributed by atoms with van der Waals surface area (Å²) in [5.41, 5.74) is 3.43. The van der Waals surface area contributed by atoms with Gasteiger partial charge in [0.1, 0.15) is 5.75 Å². The van der Waals surface area contributed by atoms with Crippen LogP contribution in [0, 0.1) is 0 Å². The summed E-state index contributed by atoms with van der Waals surface area (Å²) in [5.74, 6) is 0.893. The van der Waals surface area contributed by atoms with Crippen molar-refractivity contribution in [2.45, 2.75) is 25.3 Å². The fourth-order valence-electron chi connectivity index (χ4n) is 2.75. The lowest BCUT2D eigenvalue weighted by atomic mass is 10.0. The topological polar surface area (TPSA) is 49.9 Å². The summed E-state index contributed by atoms with van der Waals surface area (Å²) in [7, 11) is 1.71. The van der Waals surface area contributed by atoms with Crippen molar-refractivity contribution in [1.29, 1.82) is 0 Å². The lowest BCUT2D eigenvalue weighted by Crippen LogP contribution is -2.24. The normalized spacial score (nSPS) is 18.7.